The van der Waals surface area contributed by atoms with Crippen LogP contribution in [0.2, 0.25) is 0 Å². The van der Waals surface area contributed by atoms with E-state index < -0.39 is 23.5 Å². The first-order valence-corrected chi connectivity index (χ1v) is 12.6. The molecule has 2 saturated carbocycles. The van der Waals surface area contributed by atoms with Crippen LogP contribution in [0.3, 0.4) is 0 Å². The summed E-state index contributed by atoms with van der Waals surface area (Å²) in [7, 11) is 0. The number of ether oxygens (including phenoxy) is 1. The summed E-state index contributed by atoms with van der Waals surface area (Å²) in [5, 5.41) is 12.3. The maximum atomic E-state index is 13.5. The van der Waals surface area contributed by atoms with Gasteiger partial charge < -0.3 is 20.1 Å². The van der Waals surface area contributed by atoms with Gasteiger partial charge >= 0.3 is 12.1 Å². The van der Waals surface area contributed by atoms with Crippen molar-refractivity contribution in [2.45, 2.75) is 56.0 Å². The number of carboxylic acid groups (broad SMARTS) is 1. The molecule has 0 aromatic heterocycles. The van der Waals surface area contributed by atoms with Crippen LogP contribution >= 0.6 is 0 Å². The number of aliphatic carboxylic acids is 1. The molecule has 0 bridgehead atoms. The summed E-state index contributed by atoms with van der Waals surface area (Å²) in [4.78, 5) is 39.7. The molecular formula is C28H30N2O5. The number of carboxylic acids is 1. The first kappa shape index (κ1) is 22.1. The molecule has 2 aromatic rings. The Bertz CT molecular complexity index is 1140. The summed E-state index contributed by atoms with van der Waals surface area (Å²) in [6.07, 6.45) is 3.55. The molecule has 2 amide bonds. The van der Waals surface area contributed by atoms with Crippen LogP contribution in [-0.2, 0) is 14.3 Å². The molecule has 4 aliphatic rings. The predicted molar refractivity (Wildman–Crippen MR) is 129 cm³/mol. The van der Waals surface area contributed by atoms with Crippen molar-refractivity contribution in [1.29, 1.82) is 0 Å². The van der Waals surface area contributed by atoms with Gasteiger partial charge in [0.1, 0.15) is 12.1 Å². The Morgan fingerprint density at radius 3 is 2.26 bits per heavy atom. The maximum absolute atomic E-state index is 13.5. The van der Waals surface area contributed by atoms with E-state index in [9.17, 15) is 19.5 Å². The summed E-state index contributed by atoms with van der Waals surface area (Å²) >= 11 is 0. The fourth-order valence-electron chi connectivity index (χ4n) is 6.50. The van der Waals surface area contributed by atoms with E-state index >= 15 is 0 Å². The highest BCUT2D eigenvalue weighted by Crippen LogP contribution is 2.46. The Morgan fingerprint density at radius 2 is 1.63 bits per heavy atom. The third-order valence-electron chi connectivity index (χ3n) is 8.55. The molecule has 3 fully saturated rings. The topological polar surface area (TPSA) is 95.9 Å². The molecule has 3 aliphatic carbocycles. The van der Waals surface area contributed by atoms with Gasteiger partial charge in [-0.3, -0.25) is 9.59 Å². The van der Waals surface area contributed by atoms with Gasteiger partial charge in [0, 0.05) is 18.5 Å². The molecule has 0 spiro atoms. The Labute approximate surface area is 204 Å². The number of nitrogens with one attached hydrogen (secondary N) is 1. The van der Waals surface area contributed by atoms with Crippen LogP contribution in [0.4, 0.5) is 4.79 Å². The second kappa shape index (κ2) is 8.40. The zero-order chi connectivity index (χ0) is 24.2. The summed E-state index contributed by atoms with van der Waals surface area (Å²) < 4.78 is 5.68. The summed E-state index contributed by atoms with van der Waals surface area (Å²) in [6.45, 7) is 0.841. The standard InChI is InChI=1S/C28H30N2O5/c31-25(32)18-10-9-17-11-14-30(24(17)15-18)26(33)28(12-13-28)29-27(34)35-16-23-21-7-3-1-5-19(21)20-6-2-4-8-22(20)23/h1-8,17-18,23-24H,9-16H2,(H,29,34)(H,31,32). The van der Waals surface area contributed by atoms with Crippen molar-refractivity contribution in [3.05, 3.63) is 59.7 Å². The Hall–Kier alpha value is -3.35. The molecule has 3 atom stereocenters. The molecule has 1 heterocycles. The van der Waals surface area contributed by atoms with Gasteiger partial charge in [0.25, 0.3) is 0 Å². The first-order chi connectivity index (χ1) is 17.0. The number of carbonyl (C=O) groups is 3. The van der Waals surface area contributed by atoms with Gasteiger partial charge in [-0.25, -0.2) is 4.79 Å². The maximum Gasteiger partial charge on any atom is 0.408 e. The van der Waals surface area contributed by atoms with E-state index in [0.717, 1.165) is 24.0 Å². The molecule has 6 rings (SSSR count). The van der Waals surface area contributed by atoms with Gasteiger partial charge in [0.05, 0.1) is 5.92 Å². The van der Waals surface area contributed by atoms with E-state index in [-0.39, 0.29) is 24.5 Å². The van der Waals surface area contributed by atoms with E-state index in [0.29, 0.717) is 38.1 Å². The van der Waals surface area contributed by atoms with Gasteiger partial charge in [-0.05, 0) is 66.7 Å². The summed E-state index contributed by atoms with van der Waals surface area (Å²) in [5.74, 6) is -0.923. The number of fused-ring (bicyclic) bond motifs is 4. The average Bonchev–Trinajstić information content (AvgIpc) is 3.41. The van der Waals surface area contributed by atoms with Crippen LogP contribution in [0.25, 0.3) is 11.1 Å². The molecule has 182 valence electrons. The van der Waals surface area contributed by atoms with Crippen molar-refractivity contribution in [2.75, 3.05) is 13.2 Å². The van der Waals surface area contributed by atoms with E-state index in [1.54, 1.807) is 0 Å². The van der Waals surface area contributed by atoms with Gasteiger partial charge in [-0.2, -0.15) is 0 Å². The van der Waals surface area contributed by atoms with Gasteiger partial charge in [0.2, 0.25) is 5.91 Å². The highest BCUT2D eigenvalue weighted by molar-refractivity contribution is 5.93. The monoisotopic (exact) mass is 474 g/mol. The largest absolute Gasteiger partial charge is 0.481 e. The average molecular weight is 475 g/mol. The van der Waals surface area contributed by atoms with E-state index in [2.05, 4.69) is 29.6 Å². The Balaban J connectivity index is 1.11. The van der Waals surface area contributed by atoms with Crippen LogP contribution < -0.4 is 5.32 Å². The molecule has 1 aliphatic heterocycles. The molecule has 2 N–H and O–H groups in total. The smallest absolute Gasteiger partial charge is 0.408 e. The lowest BCUT2D eigenvalue weighted by molar-refractivity contribution is -0.146. The van der Waals surface area contributed by atoms with Crippen molar-refractivity contribution in [2.24, 2.45) is 11.8 Å². The zero-order valence-corrected chi connectivity index (χ0v) is 19.6. The van der Waals surface area contributed by atoms with Crippen LogP contribution in [0, 0.1) is 11.8 Å². The normalized spacial score (nSPS) is 25.8. The fourth-order valence-corrected chi connectivity index (χ4v) is 6.50. The minimum absolute atomic E-state index is 0.0338. The molecule has 35 heavy (non-hydrogen) atoms. The molecule has 1 saturated heterocycles. The molecule has 0 radical (unpaired) electrons. The van der Waals surface area contributed by atoms with Crippen LogP contribution in [0.5, 0.6) is 0 Å². The van der Waals surface area contributed by atoms with E-state index in [1.165, 1.54) is 11.1 Å². The summed E-state index contributed by atoms with van der Waals surface area (Å²) in [6, 6.07) is 16.3. The highest BCUT2D eigenvalue weighted by Gasteiger charge is 2.56. The van der Waals surface area contributed by atoms with Crippen LogP contribution in [0.15, 0.2) is 48.5 Å². The van der Waals surface area contributed by atoms with Crippen molar-refractivity contribution < 1.29 is 24.2 Å². The predicted octanol–water partition coefficient (Wildman–Crippen LogP) is 4.16. The SMILES string of the molecule is O=C(NC1(C(=O)N2CCC3CCC(C(=O)O)CC32)CC1)OCC1c2ccccc2-c2ccccc21. The quantitative estimate of drug-likeness (QED) is 0.679. The number of rotatable bonds is 5. The van der Waals surface area contributed by atoms with Crippen LogP contribution in [0.1, 0.15) is 55.6 Å². The van der Waals surface area contributed by atoms with Gasteiger partial charge in [0.15, 0.2) is 0 Å². The minimum atomic E-state index is -0.909. The fraction of sp³-hybridized carbons (Fsp3) is 0.464. The zero-order valence-electron chi connectivity index (χ0n) is 19.6. The minimum Gasteiger partial charge on any atom is -0.481 e. The Morgan fingerprint density at radius 1 is 0.971 bits per heavy atom. The lowest BCUT2D eigenvalue weighted by Gasteiger charge is -2.36. The third-order valence-corrected chi connectivity index (χ3v) is 8.55. The second-order valence-electron chi connectivity index (χ2n) is 10.5. The number of alkyl carbamates (subject to hydrolysis) is 1. The Kier molecular flexibility index (Phi) is 5.31. The van der Waals surface area contributed by atoms with Crippen molar-refractivity contribution in [1.82, 2.24) is 10.2 Å². The lowest BCUT2D eigenvalue weighted by atomic mass is 9.78. The van der Waals surface area contributed by atoms with Gasteiger partial charge in [-0.1, -0.05) is 48.5 Å². The molecular weight excluding hydrogens is 444 g/mol. The molecule has 3 unspecified atom stereocenters. The van der Waals surface area contributed by atoms with Crippen molar-refractivity contribution >= 4 is 18.0 Å². The molecule has 2 aromatic carbocycles. The highest BCUT2D eigenvalue weighted by atomic mass is 16.5. The number of nitrogens with zero attached hydrogens (tertiary/aromatic N) is 1. The first-order valence-electron chi connectivity index (χ1n) is 12.6. The van der Waals surface area contributed by atoms with E-state index in [1.807, 2.05) is 29.2 Å². The van der Waals surface area contributed by atoms with Gasteiger partial charge in [-0.15, -0.1) is 0 Å². The van der Waals surface area contributed by atoms with Crippen molar-refractivity contribution in [3.63, 3.8) is 0 Å². The molecule has 7 nitrogen and oxygen atoms in total. The lowest BCUT2D eigenvalue weighted by Crippen LogP contribution is -2.53. The number of amides is 2. The number of hydrogen-bond acceptors (Lipinski definition) is 4. The van der Waals surface area contributed by atoms with Crippen LogP contribution in [-0.4, -0.2) is 52.7 Å². The van der Waals surface area contributed by atoms with E-state index in [4.69, 9.17) is 4.74 Å². The van der Waals surface area contributed by atoms with Crippen molar-refractivity contribution in [3.8, 4) is 11.1 Å². The molecule has 7 heteroatoms. The number of benzene rings is 2. The number of hydrogen-bond donors (Lipinski definition) is 2. The second-order valence-corrected chi connectivity index (χ2v) is 10.5. The summed E-state index contributed by atoms with van der Waals surface area (Å²) in [5.41, 5.74) is 3.72. The number of carbonyl (C=O) groups excluding carboxylic acids is 2. The number of likely N-dealkylation sites (tertiary alicyclic amines) is 1. The third kappa shape index (κ3) is 3.77.